The lowest BCUT2D eigenvalue weighted by molar-refractivity contribution is 0.104. The number of benzene rings is 1. The van der Waals surface area contributed by atoms with Gasteiger partial charge < -0.3 is 4.98 Å². The van der Waals surface area contributed by atoms with Crippen molar-refractivity contribution in [1.82, 2.24) is 19.7 Å². The molecule has 0 amide bonds. The molecule has 3 aromatic heterocycles. The van der Waals surface area contributed by atoms with Crippen LogP contribution in [0.1, 0.15) is 35.7 Å². The smallest absolute Gasteiger partial charge is 0.232 e. The van der Waals surface area contributed by atoms with Crippen LogP contribution in [0.25, 0.3) is 22.2 Å². The van der Waals surface area contributed by atoms with E-state index >= 15 is 0 Å². The molecule has 8 nitrogen and oxygen atoms in total. The first-order valence-electron chi connectivity index (χ1n) is 9.97. The number of nitrogens with zero attached hydrogens (tertiary/aromatic N) is 3. The average Bonchev–Trinajstić information content (AvgIpc) is 3.37. The van der Waals surface area contributed by atoms with Gasteiger partial charge in [-0.1, -0.05) is 25.5 Å². The second-order valence-corrected chi connectivity index (χ2v) is 9.25. The van der Waals surface area contributed by atoms with Gasteiger partial charge in [-0.25, -0.2) is 13.4 Å². The number of aromatic nitrogens is 4. The van der Waals surface area contributed by atoms with E-state index < -0.39 is 10.0 Å². The zero-order valence-corrected chi connectivity index (χ0v) is 18.1. The van der Waals surface area contributed by atoms with E-state index in [9.17, 15) is 13.2 Å². The lowest BCUT2D eigenvalue weighted by atomic mass is 10.0. The SMILES string of the molecule is CCCCS(=O)(=O)Nc1cccc(C(=O)c2c[nH]c3ncc(-c4cnn(C)c4)cc23)c1. The van der Waals surface area contributed by atoms with Gasteiger partial charge in [-0.3, -0.25) is 14.2 Å². The number of carbonyl (C=O) groups excluding carboxylic acids is 1. The number of H-pyrrole nitrogens is 1. The number of unbranched alkanes of at least 4 members (excludes halogenated alkanes) is 1. The zero-order chi connectivity index (χ0) is 22.0. The van der Waals surface area contributed by atoms with Crippen molar-refractivity contribution in [2.75, 3.05) is 10.5 Å². The van der Waals surface area contributed by atoms with Gasteiger partial charge in [0.1, 0.15) is 5.65 Å². The van der Waals surface area contributed by atoms with E-state index in [2.05, 4.69) is 19.8 Å². The number of nitrogens with one attached hydrogen (secondary N) is 2. The van der Waals surface area contributed by atoms with E-state index in [0.717, 1.165) is 17.5 Å². The number of sulfonamides is 1. The summed E-state index contributed by atoms with van der Waals surface area (Å²) in [6, 6.07) is 8.43. The number of aryl methyl sites for hydroxylation is 1. The van der Waals surface area contributed by atoms with Crippen molar-refractivity contribution in [2.45, 2.75) is 19.8 Å². The Hall–Kier alpha value is -3.46. The minimum absolute atomic E-state index is 0.0485. The monoisotopic (exact) mass is 437 g/mol. The molecule has 0 aliphatic heterocycles. The molecule has 2 N–H and O–H groups in total. The van der Waals surface area contributed by atoms with Crippen LogP contribution in [0.3, 0.4) is 0 Å². The zero-order valence-electron chi connectivity index (χ0n) is 17.3. The Morgan fingerprint density at radius 2 is 2.03 bits per heavy atom. The Morgan fingerprint density at radius 1 is 1.19 bits per heavy atom. The predicted molar refractivity (Wildman–Crippen MR) is 120 cm³/mol. The summed E-state index contributed by atoms with van der Waals surface area (Å²) in [5.41, 5.74) is 3.60. The molecule has 0 atom stereocenters. The second kappa shape index (κ2) is 8.35. The molecule has 0 bridgehead atoms. The molecule has 4 aromatic rings. The molecule has 9 heteroatoms. The van der Waals surface area contributed by atoms with Gasteiger partial charge in [0.05, 0.1) is 11.9 Å². The largest absolute Gasteiger partial charge is 0.345 e. The van der Waals surface area contributed by atoms with Crippen LogP contribution in [0.4, 0.5) is 5.69 Å². The van der Waals surface area contributed by atoms with Crippen LogP contribution in [0.2, 0.25) is 0 Å². The number of pyridine rings is 1. The van der Waals surface area contributed by atoms with Crippen molar-refractivity contribution >= 4 is 32.5 Å². The fourth-order valence-corrected chi connectivity index (χ4v) is 4.62. The summed E-state index contributed by atoms with van der Waals surface area (Å²) in [6.45, 7) is 1.94. The summed E-state index contributed by atoms with van der Waals surface area (Å²) in [7, 11) is -1.61. The molecule has 0 fully saturated rings. The van der Waals surface area contributed by atoms with E-state index in [4.69, 9.17) is 0 Å². The topological polar surface area (TPSA) is 110 Å². The summed E-state index contributed by atoms with van der Waals surface area (Å²) in [5, 5.41) is 4.88. The van der Waals surface area contributed by atoms with Gasteiger partial charge in [-0.2, -0.15) is 5.10 Å². The molecule has 0 spiro atoms. The van der Waals surface area contributed by atoms with Gasteiger partial charge in [0.2, 0.25) is 10.0 Å². The van der Waals surface area contributed by atoms with Crippen LogP contribution in [0.5, 0.6) is 0 Å². The Bertz CT molecular complexity index is 1350. The van der Waals surface area contributed by atoms with Gasteiger partial charge >= 0.3 is 0 Å². The van der Waals surface area contributed by atoms with Gasteiger partial charge in [0.15, 0.2) is 5.78 Å². The van der Waals surface area contributed by atoms with Crippen LogP contribution in [0, 0.1) is 0 Å². The molecule has 4 rings (SSSR count). The number of hydrogen-bond donors (Lipinski definition) is 2. The summed E-state index contributed by atoms with van der Waals surface area (Å²) < 4.78 is 28.7. The predicted octanol–water partition coefficient (Wildman–Crippen LogP) is 3.74. The molecule has 0 aliphatic carbocycles. The van der Waals surface area contributed by atoms with E-state index in [1.165, 1.54) is 0 Å². The second-order valence-electron chi connectivity index (χ2n) is 7.41. The molecule has 0 unspecified atom stereocenters. The normalized spacial score (nSPS) is 11.7. The van der Waals surface area contributed by atoms with Crippen LogP contribution in [-0.4, -0.2) is 39.7 Å². The van der Waals surface area contributed by atoms with E-state index in [-0.39, 0.29) is 11.5 Å². The Balaban J connectivity index is 1.65. The number of rotatable bonds is 8. The number of ketones is 1. The number of aromatic amines is 1. The maximum Gasteiger partial charge on any atom is 0.232 e. The van der Waals surface area contributed by atoms with E-state index in [1.807, 2.05) is 26.2 Å². The third kappa shape index (κ3) is 4.51. The number of carbonyl (C=O) groups is 1. The van der Waals surface area contributed by atoms with Gasteiger partial charge in [-0.15, -0.1) is 0 Å². The van der Waals surface area contributed by atoms with E-state index in [1.54, 1.807) is 47.5 Å². The van der Waals surface area contributed by atoms with E-state index in [0.29, 0.717) is 34.3 Å². The fraction of sp³-hybridized carbons (Fsp3) is 0.227. The molecule has 0 saturated heterocycles. The van der Waals surface area contributed by atoms with Gasteiger partial charge in [-0.05, 0) is 24.6 Å². The molecule has 0 saturated carbocycles. The van der Waals surface area contributed by atoms with Crippen molar-refractivity contribution in [2.24, 2.45) is 7.05 Å². The van der Waals surface area contributed by atoms with Crippen molar-refractivity contribution < 1.29 is 13.2 Å². The number of anilines is 1. The number of fused-ring (bicyclic) bond motifs is 1. The highest BCUT2D eigenvalue weighted by molar-refractivity contribution is 7.92. The summed E-state index contributed by atoms with van der Waals surface area (Å²) in [4.78, 5) is 20.7. The molecule has 31 heavy (non-hydrogen) atoms. The standard InChI is InChI=1S/C22H23N5O3S/c1-3-4-8-31(29,30)26-18-7-5-6-15(9-18)21(28)20-13-24-22-19(20)10-16(11-23-22)17-12-25-27(2)14-17/h5-7,9-14,26H,3-4,8H2,1-2H3,(H,23,24). The van der Waals surface area contributed by atoms with Crippen LogP contribution < -0.4 is 4.72 Å². The third-order valence-corrected chi connectivity index (χ3v) is 6.35. The first kappa shape index (κ1) is 20.8. The summed E-state index contributed by atoms with van der Waals surface area (Å²) >= 11 is 0. The Kier molecular flexibility index (Phi) is 5.60. The molecule has 3 heterocycles. The lowest BCUT2D eigenvalue weighted by Crippen LogP contribution is -2.16. The molecule has 1 aromatic carbocycles. The Labute approximate surface area is 180 Å². The Morgan fingerprint density at radius 3 is 2.77 bits per heavy atom. The number of hydrogen-bond acceptors (Lipinski definition) is 5. The summed E-state index contributed by atoms with van der Waals surface area (Å²) in [6.07, 6.45) is 8.35. The van der Waals surface area contributed by atoms with Crippen LogP contribution >= 0.6 is 0 Å². The highest BCUT2D eigenvalue weighted by atomic mass is 32.2. The van der Waals surface area contributed by atoms with Crippen molar-refractivity contribution in [3.63, 3.8) is 0 Å². The first-order valence-corrected chi connectivity index (χ1v) is 11.6. The molecule has 0 aliphatic rings. The van der Waals surface area contributed by atoms with Gasteiger partial charge in [0.25, 0.3) is 0 Å². The quantitative estimate of drug-likeness (QED) is 0.408. The summed E-state index contributed by atoms with van der Waals surface area (Å²) in [5.74, 6) is -0.168. The minimum atomic E-state index is -3.45. The third-order valence-electron chi connectivity index (χ3n) is 4.98. The first-order chi connectivity index (χ1) is 14.9. The average molecular weight is 438 g/mol. The van der Waals surface area contributed by atoms with Crippen molar-refractivity contribution in [3.05, 3.63) is 66.2 Å². The molecular formula is C22H23N5O3S. The maximum absolute atomic E-state index is 13.2. The minimum Gasteiger partial charge on any atom is -0.345 e. The molecule has 160 valence electrons. The van der Waals surface area contributed by atoms with Crippen LogP contribution in [-0.2, 0) is 17.1 Å². The van der Waals surface area contributed by atoms with Crippen LogP contribution in [0.15, 0.2) is 55.1 Å². The van der Waals surface area contributed by atoms with Gasteiger partial charge in [0, 0.05) is 59.0 Å². The molecular weight excluding hydrogens is 414 g/mol. The maximum atomic E-state index is 13.2. The highest BCUT2D eigenvalue weighted by Crippen LogP contribution is 2.26. The van der Waals surface area contributed by atoms with Crippen molar-refractivity contribution in [3.8, 4) is 11.1 Å². The highest BCUT2D eigenvalue weighted by Gasteiger charge is 2.17. The lowest BCUT2D eigenvalue weighted by Gasteiger charge is -2.09. The fourth-order valence-electron chi connectivity index (χ4n) is 3.36. The van der Waals surface area contributed by atoms with Crippen molar-refractivity contribution in [1.29, 1.82) is 0 Å². The molecule has 0 radical (unpaired) electrons.